The first kappa shape index (κ1) is 18.5. The van der Waals surface area contributed by atoms with Crippen LogP contribution in [0.5, 0.6) is 0 Å². The van der Waals surface area contributed by atoms with E-state index in [2.05, 4.69) is 13.8 Å². The Bertz CT molecular complexity index is 619. The number of hydrogen-bond donors (Lipinski definition) is 2. The van der Waals surface area contributed by atoms with Crippen LogP contribution in [0.1, 0.15) is 65.2 Å². The standard InChI is InChI=1S/C22H35NO3/c1-20-11-9-19(25)23(3)18(20)6-5-15-16(20)7-12-21(2)17(15)8-13-22(21,26)10-4-14-24/h4,10,15-18,24,26H,5-9,11-14H2,1-3H3/t15-,16+,17+,18-,20-,21+,22+/m1/s1. The van der Waals surface area contributed by atoms with Gasteiger partial charge in [-0.2, -0.15) is 0 Å². The molecule has 4 nitrogen and oxygen atoms in total. The highest BCUT2D eigenvalue weighted by molar-refractivity contribution is 5.77. The molecule has 0 spiro atoms. The van der Waals surface area contributed by atoms with Crippen molar-refractivity contribution in [2.75, 3.05) is 13.7 Å². The summed E-state index contributed by atoms with van der Waals surface area (Å²) in [6, 6.07) is 0.393. The molecule has 7 atom stereocenters. The van der Waals surface area contributed by atoms with Gasteiger partial charge in [-0.05, 0) is 68.1 Å². The first-order valence-corrected chi connectivity index (χ1v) is 10.5. The zero-order valence-corrected chi connectivity index (χ0v) is 16.6. The SMILES string of the molecule is CN1C(=O)CC[C@]2(C)[C@H]3CC[C@@]4(C)[C@@H](CC[C@@]4(O)C=CCO)[C@@H]3CC[C@@H]12. The molecule has 0 aromatic heterocycles. The maximum Gasteiger partial charge on any atom is 0.222 e. The van der Waals surface area contributed by atoms with E-state index in [0.717, 1.165) is 38.5 Å². The molecule has 0 unspecified atom stereocenters. The van der Waals surface area contributed by atoms with Crippen LogP contribution in [0.15, 0.2) is 12.2 Å². The highest BCUT2D eigenvalue weighted by Gasteiger charge is 2.64. The number of fused-ring (bicyclic) bond motifs is 5. The number of amides is 1. The van der Waals surface area contributed by atoms with Crippen LogP contribution >= 0.6 is 0 Å². The molecule has 2 N–H and O–H groups in total. The molecule has 146 valence electrons. The molecular formula is C22H35NO3. The molecule has 1 heterocycles. The van der Waals surface area contributed by atoms with Crippen molar-refractivity contribution in [2.45, 2.75) is 76.9 Å². The predicted octanol–water partition coefficient (Wildman–Crippen LogP) is 3.13. The molecule has 0 bridgehead atoms. The Hall–Kier alpha value is -0.870. The number of aliphatic hydroxyl groups is 2. The highest BCUT2D eigenvalue weighted by Crippen LogP contribution is 2.67. The fraction of sp³-hybridized carbons (Fsp3) is 0.864. The Morgan fingerprint density at radius 2 is 1.85 bits per heavy atom. The summed E-state index contributed by atoms with van der Waals surface area (Å²) in [7, 11) is 2.01. The van der Waals surface area contributed by atoms with E-state index in [4.69, 9.17) is 0 Å². The third-order valence-corrected chi connectivity index (χ3v) is 9.27. The van der Waals surface area contributed by atoms with Crippen LogP contribution in [0.3, 0.4) is 0 Å². The Morgan fingerprint density at radius 3 is 2.58 bits per heavy atom. The number of rotatable bonds is 2. The van der Waals surface area contributed by atoms with Crippen molar-refractivity contribution in [3.8, 4) is 0 Å². The highest BCUT2D eigenvalue weighted by atomic mass is 16.3. The molecule has 3 saturated carbocycles. The Labute approximate surface area is 157 Å². The van der Waals surface area contributed by atoms with E-state index in [1.165, 1.54) is 6.42 Å². The van der Waals surface area contributed by atoms with Crippen molar-refractivity contribution < 1.29 is 15.0 Å². The van der Waals surface area contributed by atoms with E-state index in [0.29, 0.717) is 36.1 Å². The molecule has 4 heteroatoms. The summed E-state index contributed by atoms with van der Waals surface area (Å²) in [5, 5.41) is 20.6. The van der Waals surface area contributed by atoms with Crippen molar-refractivity contribution >= 4 is 5.91 Å². The minimum absolute atomic E-state index is 0.00474. The van der Waals surface area contributed by atoms with E-state index in [-0.39, 0.29) is 17.4 Å². The number of likely N-dealkylation sites (tertiary alicyclic amines) is 1. The van der Waals surface area contributed by atoms with Gasteiger partial charge >= 0.3 is 0 Å². The van der Waals surface area contributed by atoms with Crippen LogP contribution in [-0.2, 0) is 4.79 Å². The Balaban J connectivity index is 1.63. The second-order valence-corrected chi connectivity index (χ2v) is 9.98. The lowest BCUT2D eigenvalue weighted by Gasteiger charge is -2.62. The number of aliphatic hydroxyl groups excluding tert-OH is 1. The fourth-order valence-corrected chi connectivity index (χ4v) is 7.72. The van der Waals surface area contributed by atoms with Crippen LogP contribution in [-0.4, -0.2) is 46.3 Å². The molecule has 1 amide bonds. The number of piperidine rings is 1. The van der Waals surface area contributed by atoms with Gasteiger partial charge in [-0.15, -0.1) is 0 Å². The fourth-order valence-electron chi connectivity index (χ4n) is 7.72. The molecule has 26 heavy (non-hydrogen) atoms. The van der Waals surface area contributed by atoms with E-state index >= 15 is 0 Å². The lowest BCUT2D eigenvalue weighted by molar-refractivity contribution is -0.163. The molecule has 0 aromatic carbocycles. The van der Waals surface area contributed by atoms with Crippen LogP contribution < -0.4 is 0 Å². The van der Waals surface area contributed by atoms with E-state index < -0.39 is 5.60 Å². The lowest BCUT2D eigenvalue weighted by Crippen LogP contribution is -2.62. The third kappa shape index (κ3) is 2.30. The number of hydrogen-bond acceptors (Lipinski definition) is 3. The molecule has 0 aromatic rings. The van der Waals surface area contributed by atoms with E-state index in [9.17, 15) is 15.0 Å². The van der Waals surface area contributed by atoms with Crippen LogP contribution in [0.2, 0.25) is 0 Å². The summed E-state index contributed by atoms with van der Waals surface area (Å²) < 4.78 is 0. The second kappa shape index (κ2) is 6.07. The quantitative estimate of drug-likeness (QED) is 0.743. The van der Waals surface area contributed by atoms with Crippen LogP contribution in [0.4, 0.5) is 0 Å². The van der Waals surface area contributed by atoms with Gasteiger partial charge in [0.2, 0.25) is 5.91 Å². The normalized spacial score (nSPS) is 51.3. The Kier molecular flexibility index (Phi) is 4.31. The lowest BCUT2D eigenvalue weighted by atomic mass is 9.46. The maximum absolute atomic E-state index is 12.2. The molecule has 1 aliphatic heterocycles. The van der Waals surface area contributed by atoms with Crippen molar-refractivity contribution in [3.63, 3.8) is 0 Å². The van der Waals surface area contributed by atoms with Gasteiger partial charge in [0.05, 0.1) is 12.2 Å². The zero-order valence-electron chi connectivity index (χ0n) is 16.6. The van der Waals surface area contributed by atoms with Crippen LogP contribution in [0.25, 0.3) is 0 Å². The first-order chi connectivity index (χ1) is 12.3. The number of carbonyl (C=O) groups excluding carboxylic acids is 1. The molecule has 3 aliphatic carbocycles. The van der Waals surface area contributed by atoms with Gasteiger partial charge in [0.15, 0.2) is 0 Å². The summed E-state index contributed by atoms with van der Waals surface area (Å²) in [5.41, 5.74) is -0.629. The number of nitrogens with zero attached hydrogens (tertiary/aromatic N) is 1. The molecular weight excluding hydrogens is 326 g/mol. The van der Waals surface area contributed by atoms with Crippen molar-refractivity contribution in [1.29, 1.82) is 0 Å². The summed E-state index contributed by atoms with van der Waals surface area (Å²) in [4.78, 5) is 14.3. The van der Waals surface area contributed by atoms with Gasteiger partial charge in [-0.25, -0.2) is 0 Å². The third-order valence-electron chi connectivity index (χ3n) is 9.27. The summed E-state index contributed by atoms with van der Waals surface area (Å²) in [6.45, 7) is 4.72. The van der Waals surface area contributed by atoms with Crippen molar-refractivity contribution in [3.05, 3.63) is 12.2 Å². The van der Waals surface area contributed by atoms with Crippen LogP contribution in [0, 0.1) is 28.6 Å². The molecule has 4 fully saturated rings. The molecule has 0 radical (unpaired) electrons. The van der Waals surface area contributed by atoms with Gasteiger partial charge in [-0.1, -0.05) is 26.0 Å². The largest absolute Gasteiger partial charge is 0.392 e. The van der Waals surface area contributed by atoms with Gasteiger partial charge in [-0.3, -0.25) is 4.79 Å². The minimum atomic E-state index is -0.775. The summed E-state index contributed by atoms with van der Waals surface area (Å²) in [6.07, 6.45) is 11.7. The van der Waals surface area contributed by atoms with Crippen molar-refractivity contribution in [1.82, 2.24) is 4.90 Å². The van der Waals surface area contributed by atoms with E-state index in [1.54, 1.807) is 6.08 Å². The van der Waals surface area contributed by atoms with E-state index in [1.807, 2.05) is 18.0 Å². The van der Waals surface area contributed by atoms with Gasteiger partial charge in [0.1, 0.15) is 0 Å². The Morgan fingerprint density at radius 1 is 1.12 bits per heavy atom. The first-order valence-electron chi connectivity index (χ1n) is 10.5. The average molecular weight is 362 g/mol. The minimum Gasteiger partial charge on any atom is -0.392 e. The van der Waals surface area contributed by atoms with Gasteiger partial charge < -0.3 is 15.1 Å². The topological polar surface area (TPSA) is 60.8 Å². The maximum atomic E-state index is 12.2. The number of carbonyl (C=O) groups is 1. The monoisotopic (exact) mass is 361 g/mol. The average Bonchev–Trinajstić information content (AvgIpc) is 2.88. The van der Waals surface area contributed by atoms with Gasteiger partial charge in [0.25, 0.3) is 0 Å². The molecule has 4 aliphatic rings. The summed E-state index contributed by atoms with van der Waals surface area (Å²) >= 11 is 0. The smallest absolute Gasteiger partial charge is 0.222 e. The summed E-state index contributed by atoms with van der Waals surface area (Å²) in [5.74, 6) is 2.19. The predicted molar refractivity (Wildman–Crippen MR) is 101 cm³/mol. The molecule has 1 saturated heterocycles. The van der Waals surface area contributed by atoms with Gasteiger partial charge in [0, 0.05) is 24.9 Å². The molecule has 4 rings (SSSR count). The van der Waals surface area contributed by atoms with Crippen molar-refractivity contribution in [2.24, 2.45) is 28.6 Å². The zero-order chi connectivity index (χ0) is 18.7. The second-order valence-electron chi connectivity index (χ2n) is 9.98.